The van der Waals surface area contributed by atoms with Gasteiger partial charge < -0.3 is 5.32 Å². The molecule has 0 amide bonds. The maximum absolute atomic E-state index is 13.5. The normalized spacial score (nSPS) is 12.3. The summed E-state index contributed by atoms with van der Waals surface area (Å²) in [7, 11) is 0. The van der Waals surface area contributed by atoms with Crippen molar-refractivity contribution in [3.05, 3.63) is 65.5 Å². The molecule has 106 valence electrons. The van der Waals surface area contributed by atoms with Crippen LogP contribution in [0.1, 0.15) is 31.0 Å². The SMILES string of the molecule is CCNC(C)c1cc(F)ccc1SCc1ccccc1. The second-order valence-electron chi connectivity index (χ2n) is 4.74. The van der Waals surface area contributed by atoms with E-state index in [9.17, 15) is 4.39 Å². The highest BCUT2D eigenvalue weighted by molar-refractivity contribution is 7.98. The maximum atomic E-state index is 13.5. The summed E-state index contributed by atoms with van der Waals surface area (Å²) in [5.74, 6) is 0.729. The number of hydrogen-bond acceptors (Lipinski definition) is 2. The Hall–Kier alpha value is -1.32. The monoisotopic (exact) mass is 289 g/mol. The molecule has 1 N–H and O–H groups in total. The van der Waals surface area contributed by atoms with E-state index in [0.29, 0.717) is 0 Å². The first-order valence-corrected chi connectivity index (χ1v) is 7.89. The van der Waals surface area contributed by atoms with E-state index >= 15 is 0 Å². The van der Waals surface area contributed by atoms with E-state index in [1.165, 1.54) is 11.6 Å². The van der Waals surface area contributed by atoms with Crippen molar-refractivity contribution in [1.29, 1.82) is 0 Å². The Morgan fingerprint density at radius 3 is 2.60 bits per heavy atom. The second-order valence-corrected chi connectivity index (χ2v) is 5.75. The first-order chi connectivity index (χ1) is 9.70. The van der Waals surface area contributed by atoms with Crippen LogP contribution in [0.2, 0.25) is 0 Å². The van der Waals surface area contributed by atoms with Gasteiger partial charge in [-0.3, -0.25) is 0 Å². The van der Waals surface area contributed by atoms with Crippen LogP contribution < -0.4 is 5.32 Å². The number of nitrogens with one attached hydrogen (secondary N) is 1. The predicted molar refractivity (Wildman–Crippen MR) is 84.5 cm³/mol. The van der Waals surface area contributed by atoms with Crippen molar-refractivity contribution in [2.45, 2.75) is 30.5 Å². The molecular formula is C17H20FNS. The lowest BCUT2D eigenvalue weighted by atomic mass is 10.1. The number of hydrogen-bond donors (Lipinski definition) is 1. The van der Waals surface area contributed by atoms with Gasteiger partial charge in [0, 0.05) is 16.7 Å². The molecule has 0 saturated carbocycles. The highest BCUT2D eigenvalue weighted by Crippen LogP contribution is 2.30. The van der Waals surface area contributed by atoms with Crippen LogP contribution in [0, 0.1) is 5.82 Å². The Kier molecular flexibility index (Phi) is 5.62. The zero-order valence-corrected chi connectivity index (χ0v) is 12.7. The molecule has 3 heteroatoms. The van der Waals surface area contributed by atoms with Gasteiger partial charge in [-0.1, -0.05) is 37.3 Å². The number of rotatable bonds is 6. The number of halogens is 1. The predicted octanol–water partition coefficient (Wildman–Crippen LogP) is 4.79. The molecule has 1 atom stereocenters. The fraction of sp³-hybridized carbons (Fsp3) is 0.294. The van der Waals surface area contributed by atoms with Gasteiger partial charge in [-0.15, -0.1) is 11.8 Å². The van der Waals surface area contributed by atoms with Crippen LogP contribution in [-0.4, -0.2) is 6.54 Å². The smallest absolute Gasteiger partial charge is 0.123 e. The van der Waals surface area contributed by atoms with Gasteiger partial charge in [0.1, 0.15) is 5.82 Å². The van der Waals surface area contributed by atoms with E-state index in [1.54, 1.807) is 17.8 Å². The lowest BCUT2D eigenvalue weighted by molar-refractivity contribution is 0.574. The molecule has 0 radical (unpaired) electrons. The summed E-state index contributed by atoms with van der Waals surface area (Å²) in [4.78, 5) is 1.14. The molecule has 0 aliphatic rings. The standard InChI is InChI=1S/C17H20FNS/c1-3-19-13(2)16-11-15(18)9-10-17(16)20-12-14-7-5-4-6-8-14/h4-11,13,19H,3,12H2,1-2H3. The molecule has 2 aromatic rings. The lowest BCUT2D eigenvalue weighted by Gasteiger charge is -2.17. The average molecular weight is 289 g/mol. The van der Waals surface area contributed by atoms with Crippen LogP contribution in [0.25, 0.3) is 0 Å². The van der Waals surface area contributed by atoms with E-state index in [-0.39, 0.29) is 11.9 Å². The van der Waals surface area contributed by atoms with Crippen molar-refractivity contribution >= 4 is 11.8 Å². The van der Waals surface area contributed by atoms with E-state index < -0.39 is 0 Å². The van der Waals surface area contributed by atoms with E-state index in [1.807, 2.05) is 24.3 Å². The third kappa shape index (κ3) is 4.09. The summed E-state index contributed by atoms with van der Waals surface area (Å²) in [6.45, 7) is 5.01. The minimum Gasteiger partial charge on any atom is -0.310 e. The Morgan fingerprint density at radius 2 is 1.90 bits per heavy atom. The molecule has 0 aliphatic carbocycles. The van der Waals surface area contributed by atoms with E-state index in [4.69, 9.17) is 0 Å². The van der Waals surface area contributed by atoms with Crippen LogP contribution in [-0.2, 0) is 5.75 Å². The number of benzene rings is 2. The maximum Gasteiger partial charge on any atom is 0.123 e. The molecule has 0 aliphatic heterocycles. The first kappa shape index (κ1) is 15.1. The van der Waals surface area contributed by atoms with Gasteiger partial charge >= 0.3 is 0 Å². The van der Waals surface area contributed by atoms with Crippen LogP contribution in [0.4, 0.5) is 4.39 Å². The highest BCUT2D eigenvalue weighted by atomic mass is 32.2. The van der Waals surface area contributed by atoms with Crippen molar-refractivity contribution < 1.29 is 4.39 Å². The second kappa shape index (κ2) is 7.46. The first-order valence-electron chi connectivity index (χ1n) is 6.90. The molecule has 0 saturated heterocycles. The van der Waals surface area contributed by atoms with Crippen LogP contribution in [0.15, 0.2) is 53.4 Å². The molecule has 0 heterocycles. The summed E-state index contributed by atoms with van der Waals surface area (Å²) in [5, 5.41) is 3.35. The van der Waals surface area contributed by atoms with Gasteiger partial charge in [-0.25, -0.2) is 4.39 Å². The lowest BCUT2D eigenvalue weighted by Crippen LogP contribution is -2.18. The zero-order valence-electron chi connectivity index (χ0n) is 11.9. The van der Waals surface area contributed by atoms with Crippen LogP contribution in [0.3, 0.4) is 0 Å². The third-order valence-electron chi connectivity index (χ3n) is 3.19. The minimum atomic E-state index is -0.172. The van der Waals surface area contributed by atoms with Gasteiger partial charge in [0.2, 0.25) is 0 Å². The van der Waals surface area contributed by atoms with Crippen molar-refractivity contribution in [2.24, 2.45) is 0 Å². The van der Waals surface area contributed by atoms with Gasteiger partial charge in [0.05, 0.1) is 0 Å². The summed E-state index contributed by atoms with van der Waals surface area (Å²) in [6.07, 6.45) is 0. The number of thioether (sulfide) groups is 1. The Morgan fingerprint density at radius 1 is 1.15 bits per heavy atom. The Labute approximate surface area is 124 Å². The third-order valence-corrected chi connectivity index (χ3v) is 4.35. The zero-order chi connectivity index (χ0) is 14.4. The summed E-state index contributed by atoms with van der Waals surface area (Å²) < 4.78 is 13.5. The molecule has 2 rings (SSSR count). The van der Waals surface area contributed by atoms with E-state index in [0.717, 1.165) is 22.8 Å². The van der Waals surface area contributed by atoms with Gasteiger partial charge in [0.25, 0.3) is 0 Å². The molecule has 20 heavy (non-hydrogen) atoms. The van der Waals surface area contributed by atoms with Gasteiger partial charge in [-0.05, 0) is 42.8 Å². The fourth-order valence-corrected chi connectivity index (χ4v) is 3.22. The molecule has 1 unspecified atom stereocenters. The molecule has 2 aromatic carbocycles. The quantitative estimate of drug-likeness (QED) is 0.767. The van der Waals surface area contributed by atoms with Crippen LogP contribution in [0.5, 0.6) is 0 Å². The van der Waals surface area contributed by atoms with Crippen molar-refractivity contribution in [1.82, 2.24) is 5.32 Å². The molecule has 0 spiro atoms. The summed E-state index contributed by atoms with van der Waals surface area (Å²) in [6, 6.07) is 15.6. The van der Waals surface area contributed by atoms with Crippen molar-refractivity contribution in [2.75, 3.05) is 6.54 Å². The van der Waals surface area contributed by atoms with E-state index in [2.05, 4.69) is 31.3 Å². The summed E-state index contributed by atoms with van der Waals surface area (Å²) >= 11 is 1.76. The van der Waals surface area contributed by atoms with Crippen molar-refractivity contribution in [3.8, 4) is 0 Å². The van der Waals surface area contributed by atoms with Crippen molar-refractivity contribution in [3.63, 3.8) is 0 Å². The molecule has 0 fully saturated rings. The topological polar surface area (TPSA) is 12.0 Å². The minimum absolute atomic E-state index is 0.161. The van der Waals surface area contributed by atoms with Gasteiger partial charge in [0.15, 0.2) is 0 Å². The summed E-state index contributed by atoms with van der Waals surface area (Å²) in [5.41, 5.74) is 2.32. The Balaban J connectivity index is 2.14. The molecular weight excluding hydrogens is 269 g/mol. The average Bonchev–Trinajstić information content (AvgIpc) is 2.47. The molecule has 0 aromatic heterocycles. The Bertz CT molecular complexity index is 542. The molecule has 0 bridgehead atoms. The largest absolute Gasteiger partial charge is 0.310 e. The van der Waals surface area contributed by atoms with Gasteiger partial charge in [-0.2, -0.15) is 0 Å². The van der Waals surface area contributed by atoms with Crippen LogP contribution >= 0.6 is 11.8 Å². The fourth-order valence-electron chi connectivity index (χ4n) is 2.14. The molecule has 1 nitrogen and oxygen atoms in total. The highest BCUT2D eigenvalue weighted by Gasteiger charge is 2.11.